The molecule has 11 heteroatoms. The van der Waals surface area contributed by atoms with Gasteiger partial charge in [0.25, 0.3) is 5.91 Å². The SMILES string of the molecule is COCCOCC1(CC(C)C(=O)N2CCN(c3cc(Cl)cc(Cl)c3)CC2)NC(=O)NC1=O. The van der Waals surface area contributed by atoms with Crippen molar-refractivity contribution in [2.75, 3.05) is 58.0 Å². The van der Waals surface area contributed by atoms with Crippen molar-refractivity contribution in [3.63, 3.8) is 0 Å². The highest BCUT2D eigenvalue weighted by molar-refractivity contribution is 6.35. The van der Waals surface area contributed by atoms with Crippen LogP contribution in [0.5, 0.6) is 0 Å². The van der Waals surface area contributed by atoms with Crippen molar-refractivity contribution in [2.45, 2.75) is 18.9 Å². The summed E-state index contributed by atoms with van der Waals surface area (Å²) in [6.45, 7) is 4.71. The molecule has 0 bridgehead atoms. The number of hydrogen-bond donors (Lipinski definition) is 2. The number of benzene rings is 1. The number of hydrogen-bond acceptors (Lipinski definition) is 6. The smallest absolute Gasteiger partial charge is 0.322 e. The molecule has 2 aliphatic heterocycles. The number of ether oxygens (including phenoxy) is 2. The van der Waals surface area contributed by atoms with Gasteiger partial charge in [0.2, 0.25) is 5.91 Å². The molecule has 2 aliphatic rings. The topological polar surface area (TPSA) is 100 Å². The molecule has 0 radical (unpaired) electrons. The van der Waals surface area contributed by atoms with Gasteiger partial charge < -0.3 is 24.6 Å². The summed E-state index contributed by atoms with van der Waals surface area (Å²) < 4.78 is 10.5. The van der Waals surface area contributed by atoms with Crippen molar-refractivity contribution >= 4 is 46.7 Å². The number of methoxy groups -OCH3 is 1. The van der Waals surface area contributed by atoms with E-state index in [-0.39, 0.29) is 25.5 Å². The third-order valence-electron chi connectivity index (χ3n) is 5.67. The number of carbonyl (C=O) groups excluding carboxylic acids is 3. The molecule has 2 N–H and O–H groups in total. The van der Waals surface area contributed by atoms with Crippen LogP contribution in [0.1, 0.15) is 13.3 Å². The Hall–Kier alpha value is -2.07. The Kier molecular flexibility index (Phi) is 8.21. The summed E-state index contributed by atoms with van der Waals surface area (Å²) in [6.07, 6.45) is 0.139. The van der Waals surface area contributed by atoms with E-state index in [9.17, 15) is 14.4 Å². The Labute approximate surface area is 197 Å². The molecule has 2 atom stereocenters. The van der Waals surface area contributed by atoms with Crippen LogP contribution >= 0.6 is 23.2 Å². The molecule has 0 spiro atoms. The van der Waals surface area contributed by atoms with E-state index in [0.717, 1.165) is 5.69 Å². The molecular weight excluding hydrogens is 459 g/mol. The summed E-state index contributed by atoms with van der Waals surface area (Å²) in [7, 11) is 1.55. The number of nitrogens with one attached hydrogen (secondary N) is 2. The van der Waals surface area contributed by atoms with Gasteiger partial charge in [-0.3, -0.25) is 14.9 Å². The minimum absolute atomic E-state index is 0.0329. The zero-order chi connectivity index (χ0) is 23.3. The average Bonchev–Trinajstić information content (AvgIpc) is 3.02. The fourth-order valence-electron chi connectivity index (χ4n) is 4.05. The number of urea groups is 1. The molecule has 0 aromatic heterocycles. The Morgan fingerprint density at radius 2 is 1.78 bits per heavy atom. The molecule has 1 aromatic carbocycles. The summed E-state index contributed by atoms with van der Waals surface area (Å²) >= 11 is 12.2. The monoisotopic (exact) mass is 486 g/mol. The largest absolute Gasteiger partial charge is 0.382 e. The first kappa shape index (κ1) is 24.6. The Balaban J connectivity index is 1.59. The fraction of sp³-hybridized carbons (Fsp3) is 0.571. The number of amides is 4. The van der Waals surface area contributed by atoms with Gasteiger partial charge in [0, 0.05) is 54.9 Å². The van der Waals surface area contributed by atoms with Crippen molar-refractivity contribution in [3.8, 4) is 0 Å². The fourth-order valence-corrected chi connectivity index (χ4v) is 4.56. The van der Waals surface area contributed by atoms with E-state index in [0.29, 0.717) is 42.8 Å². The molecule has 32 heavy (non-hydrogen) atoms. The van der Waals surface area contributed by atoms with E-state index < -0.39 is 23.4 Å². The molecule has 2 fully saturated rings. The van der Waals surface area contributed by atoms with E-state index in [4.69, 9.17) is 32.7 Å². The number of carbonyl (C=O) groups is 3. The van der Waals surface area contributed by atoms with E-state index in [2.05, 4.69) is 15.5 Å². The lowest BCUT2D eigenvalue weighted by molar-refractivity contribution is -0.137. The van der Waals surface area contributed by atoms with E-state index >= 15 is 0 Å². The zero-order valence-corrected chi connectivity index (χ0v) is 19.7. The molecule has 2 saturated heterocycles. The second-order valence-electron chi connectivity index (χ2n) is 8.08. The number of piperazine rings is 1. The van der Waals surface area contributed by atoms with E-state index in [1.807, 2.05) is 12.1 Å². The summed E-state index contributed by atoms with van der Waals surface area (Å²) in [4.78, 5) is 41.3. The Bertz CT molecular complexity index is 842. The van der Waals surface area contributed by atoms with Crippen LogP contribution in [-0.2, 0) is 19.1 Å². The highest BCUT2D eigenvalue weighted by Crippen LogP contribution is 2.27. The predicted octanol–water partition coefficient (Wildman–Crippen LogP) is 1.91. The minimum atomic E-state index is -1.28. The first-order chi connectivity index (χ1) is 15.2. The highest BCUT2D eigenvalue weighted by Gasteiger charge is 2.48. The molecule has 0 saturated carbocycles. The van der Waals surface area contributed by atoms with Crippen molar-refractivity contribution in [3.05, 3.63) is 28.2 Å². The quantitative estimate of drug-likeness (QED) is 0.408. The summed E-state index contributed by atoms with van der Waals surface area (Å²) in [6, 6.07) is 4.80. The van der Waals surface area contributed by atoms with E-state index in [1.54, 1.807) is 25.0 Å². The second-order valence-corrected chi connectivity index (χ2v) is 8.95. The van der Waals surface area contributed by atoms with Crippen LogP contribution in [-0.4, -0.2) is 81.4 Å². The van der Waals surface area contributed by atoms with Gasteiger partial charge in [0.1, 0.15) is 5.54 Å². The standard InChI is InChI=1S/C21H28Cl2N4O5/c1-14(12-21(13-32-8-7-31-2)19(29)24-20(30)25-21)18(28)27-5-3-26(4-6-27)17-10-15(22)9-16(23)11-17/h9-11,14H,3-8,12-13H2,1-2H3,(H2,24,25,29,30). The van der Waals surface area contributed by atoms with Crippen LogP contribution < -0.4 is 15.5 Å². The van der Waals surface area contributed by atoms with Crippen molar-refractivity contribution < 1.29 is 23.9 Å². The molecule has 2 heterocycles. The molecule has 0 aliphatic carbocycles. The maximum absolute atomic E-state index is 13.1. The van der Waals surface area contributed by atoms with Gasteiger partial charge in [-0.2, -0.15) is 0 Å². The van der Waals surface area contributed by atoms with Crippen LogP contribution in [0, 0.1) is 5.92 Å². The van der Waals surface area contributed by atoms with Crippen LogP contribution in [0.3, 0.4) is 0 Å². The third-order valence-corrected chi connectivity index (χ3v) is 6.11. The van der Waals surface area contributed by atoms with Gasteiger partial charge in [0.05, 0.1) is 19.8 Å². The van der Waals surface area contributed by atoms with Crippen molar-refractivity contribution in [1.29, 1.82) is 0 Å². The molecule has 2 unspecified atom stereocenters. The van der Waals surface area contributed by atoms with Gasteiger partial charge in [0.15, 0.2) is 0 Å². The maximum Gasteiger partial charge on any atom is 0.322 e. The molecule has 9 nitrogen and oxygen atoms in total. The molecule has 176 valence electrons. The number of halogens is 2. The number of anilines is 1. The summed E-state index contributed by atoms with van der Waals surface area (Å²) in [5, 5.41) is 6.03. The predicted molar refractivity (Wildman–Crippen MR) is 121 cm³/mol. The molecule has 4 amide bonds. The highest BCUT2D eigenvalue weighted by atomic mass is 35.5. The lowest BCUT2D eigenvalue weighted by atomic mass is 9.88. The minimum Gasteiger partial charge on any atom is -0.382 e. The van der Waals surface area contributed by atoms with Gasteiger partial charge in [-0.25, -0.2) is 4.79 Å². The average molecular weight is 487 g/mol. The molecule has 1 aromatic rings. The van der Waals surface area contributed by atoms with Crippen molar-refractivity contribution in [1.82, 2.24) is 15.5 Å². The summed E-state index contributed by atoms with van der Waals surface area (Å²) in [5.41, 5.74) is -0.362. The Morgan fingerprint density at radius 3 is 2.34 bits per heavy atom. The van der Waals surface area contributed by atoms with Gasteiger partial charge >= 0.3 is 6.03 Å². The van der Waals surface area contributed by atoms with Gasteiger partial charge in [-0.05, 0) is 24.6 Å². The van der Waals surface area contributed by atoms with Crippen LogP contribution in [0.2, 0.25) is 10.0 Å². The lowest BCUT2D eigenvalue weighted by Crippen LogP contribution is -2.55. The third kappa shape index (κ3) is 5.83. The maximum atomic E-state index is 13.1. The number of nitrogens with zero attached hydrogens (tertiary/aromatic N) is 2. The van der Waals surface area contributed by atoms with E-state index in [1.165, 1.54) is 0 Å². The number of imide groups is 1. The number of rotatable bonds is 9. The first-order valence-electron chi connectivity index (χ1n) is 10.4. The molecular formula is C21H28Cl2N4O5. The van der Waals surface area contributed by atoms with Crippen LogP contribution in [0.25, 0.3) is 0 Å². The molecule has 3 rings (SSSR count). The van der Waals surface area contributed by atoms with Crippen LogP contribution in [0.15, 0.2) is 18.2 Å². The first-order valence-corrected chi connectivity index (χ1v) is 11.2. The second kappa shape index (κ2) is 10.7. The van der Waals surface area contributed by atoms with Gasteiger partial charge in [-0.15, -0.1) is 0 Å². The van der Waals surface area contributed by atoms with Crippen LogP contribution in [0.4, 0.5) is 10.5 Å². The van der Waals surface area contributed by atoms with Crippen molar-refractivity contribution in [2.24, 2.45) is 5.92 Å². The normalized spacial score (nSPS) is 22.0. The summed E-state index contributed by atoms with van der Waals surface area (Å²) in [5.74, 6) is -1.04. The zero-order valence-electron chi connectivity index (χ0n) is 18.2. The Morgan fingerprint density at radius 1 is 1.12 bits per heavy atom. The van der Waals surface area contributed by atoms with Gasteiger partial charge in [-0.1, -0.05) is 30.1 Å². The lowest BCUT2D eigenvalue weighted by Gasteiger charge is -2.38.